The molecule has 6 nitrogen and oxygen atoms in total. The van der Waals surface area contributed by atoms with Gasteiger partial charge in [-0.3, -0.25) is 14.4 Å². The van der Waals surface area contributed by atoms with Gasteiger partial charge in [-0.1, -0.05) is 25.5 Å². The molecule has 2 amide bonds. The molecule has 1 aromatic rings. The standard InChI is InChI=1S/C16H22N2O4/c1-3-4-14(16(22)17-10-11(2)19)18-15(21)9-12-5-7-13(20)8-6-12/h5-8,14,20H,3-4,9-10H2,1-2H3,(H,17,22)(H,18,21). The van der Waals surface area contributed by atoms with Crippen LogP contribution in [0.1, 0.15) is 32.3 Å². The Balaban J connectivity index is 2.57. The van der Waals surface area contributed by atoms with Gasteiger partial charge in [-0.2, -0.15) is 0 Å². The first-order valence-corrected chi connectivity index (χ1v) is 7.26. The van der Waals surface area contributed by atoms with Crippen LogP contribution in [0.3, 0.4) is 0 Å². The summed E-state index contributed by atoms with van der Waals surface area (Å²) in [6.45, 7) is 3.27. The van der Waals surface area contributed by atoms with E-state index >= 15 is 0 Å². The van der Waals surface area contributed by atoms with Gasteiger partial charge in [-0.15, -0.1) is 0 Å². The summed E-state index contributed by atoms with van der Waals surface area (Å²) < 4.78 is 0. The Morgan fingerprint density at radius 3 is 2.36 bits per heavy atom. The molecule has 1 unspecified atom stereocenters. The summed E-state index contributed by atoms with van der Waals surface area (Å²) in [4.78, 5) is 34.9. The van der Waals surface area contributed by atoms with Crippen molar-refractivity contribution in [2.24, 2.45) is 0 Å². The van der Waals surface area contributed by atoms with E-state index < -0.39 is 6.04 Å². The SMILES string of the molecule is CCCC(NC(=O)Cc1ccc(O)cc1)C(=O)NCC(C)=O. The molecular weight excluding hydrogens is 284 g/mol. The van der Waals surface area contributed by atoms with Crippen molar-refractivity contribution in [3.8, 4) is 5.75 Å². The van der Waals surface area contributed by atoms with Crippen LogP contribution >= 0.6 is 0 Å². The van der Waals surface area contributed by atoms with Gasteiger partial charge in [0, 0.05) is 0 Å². The van der Waals surface area contributed by atoms with Crippen LogP contribution in [0.4, 0.5) is 0 Å². The number of benzene rings is 1. The molecule has 0 aliphatic heterocycles. The Hall–Kier alpha value is -2.37. The zero-order valence-electron chi connectivity index (χ0n) is 12.9. The topological polar surface area (TPSA) is 95.5 Å². The van der Waals surface area contributed by atoms with Crippen LogP contribution in [-0.2, 0) is 20.8 Å². The van der Waals surface area contributed by atoms with Gasteiger partial charge in [0.25, 0.3) is 0 Å². The van der Waals surface area contributed by atoms with Crippen molar-refractivity contribution in [2.75, 3.05) is 6.54 Å². The number of hydrogen-bond acceptors (Lipinski definition) is 4. The summed E-state index contributed by atoms with van der Waals surface area (Å²) in [7, 11) is 0. The molecule has 1 aromatic carbocycles. The first-order valence-electron chi connectivity index (χ1n) is 7.26. The highest BCUT2D eigenvalue weighted by Crippen LogP contribution is 2.10. The van der Waals surface area contributed by atoms with E-state index in [-0.39, 0.29) is 36.3 Å². The number of nitrogens with one attached hydrogen (secondary N) is 2. The van der Waals surface area contributed by atoms with Crippen LogP contribution in [0, 0.1) is 0 Å². The van der Waals surface area contributed by atoms with Crippen LogP contribution in [-0.4, -0.2) is 35.3 Å². The number of Topliss-reactive ketones (excluding diaryl/α,β-unsaturated/α-hetero) is 1. The Bertz CT molecular complexity index is 525. The van der Waals surface area contributed by atoms with Gasteiger partial charge < -0.3 is 15.7 Å². The largest absolute Gasteiger partial charge is 0.508 e. The van der Waals surface area contributed by atoms with Gasteiger partial charge in [-0.05, 0) is 31.0 Å². The van der Waals surface area contributed by atoms with Gasteiger partial charge in [0.2, 0.25) is 11.8 Å². The van der Waals surface area contributed by atoms with Crippen LogP contribution in [0.25, 0.3) is 0 Å². The van der Waals surface area contributed by atoms with E-state index in [1.54, 1.807) is 12.1 Å². The highest BCUT2D eigenvalue weighted by molar-refractivity contribution is 5.90. The molecule has 22 heavy (non-hydrogen) atoms. The van der Waals surface area contributed by atoms with Crippen LogP contribution in [0.2, 0.25) is 0 Å². The first-order chi connectivity index (χ1) is 10.4. The number of amides is 2. The Labute approximate surface area is 129 Å². The molecule has 3 N–H and O–H groups in total. The van der Waals surface area contributed by atoms with E-state index in [0.717, 1.165) is 12.0 Å². The molecule has 0 aliphatic carbocycles. The summed E-state index contributed by atoms with van der Waals surface area (Å²) in [5.41, 5.74) is 0.745. The first kappa shape index (κ1) is 17.7. The van der Waals surface area contributed by atoms with Gasteiger partial charge >= 0.3 is 0 Å². The van der Waals surface area contributed by atoms with Crippen LogP contribution < -0.4 is 10.6 Å². The second-order valence-corrected chi connectivity index (χ2v) is 5.17. The number of aromatic hydroxyl groups is 1. The average Bonchev–Trinajstić information content (AvgIpc) is 2.46. The lowest BCUT2D eigenvalue weighted by Gasteiger charge is -2.17. The van der Waals surface area contributed by atoms with Crippen molar-refractivity contribution in [3.05, 3.63) is 29.8 Å². The van der Waals surface area contributed by atoms with E-state index in [1.165, 1.54) is 19.1 Å². The van der Waals surface area contributed by atoms with E-state index in [1.807, 2.05) is 6.92 Å². The maximum Gasteiger partial charge on any atom is 0.242 e. The second-order valence-electron chi connectivity index (χ2n) is 5.17. The Morgan fingerprint density at radius 1 is 1.18 bits per heavy atom. The number of phenolic OH excluding ortho intramolecular Hbond substituents is 1. The number of carbonyl (C=O) groups is 3. The number of phenols is 1. The molecule has 0 spiro atoms. The highest BCUT2D eigenvalue weighted by Gasteiger charge is 2.19. The van der Waals surface area contributed by atoms with Gasteiger partial charge in [0.1, 0.15) is 17.6 Å². The summed E-state index contributed by atoms with van der Waals surface area (Å²) in [6.07, 6.45) is 1.36. The maximum atomic E-state index is 12.0. The van der Waals surface area contributed by atoms with Crippen molar-refractivity contribution in [3.63, 3.8) is 0 Å². The number of ketones is 1. The third-order valence-electron chi connectivity index (χ3n) is 3.04. The monoisotopic (exact) mass is 306 g/mol. The van der Waals surface area contributed by atoms with Crippen molar-refractivity contribution in [1.29, 1.82) is 0 Å². The van der Waals surface area contributed by atoms with Gasteiger partial charge in [0.15, 0.2) is 0 Å². The number of rotatable bonds is 8. The van der Waals surface area contributed by atoms with Crippen molar-refractivity contribution in [1.82, 2.24) is 10.6 Å². The molecule has 0 aliphatic rings. The lowest BCUT2D eigenvalue weighted by atomic mass is 10.1. The molecule has 0 saturated heterocycles. The van der Waals surface area contributed by atoms with Crippen LogP contribution in [0.5, 0.6) is 5.75 Å². The number of hydrogen-bond donors (Lipinski definition) is 3. The molecule has 1 atom stereocenters. The molecular formula is C16H22N2O4. The minimum absolute atomic E-state index is 0.0348. The molecule has 120 valence electrons. The second kappa shape index (κ2) is 8.81. The third-order valence-corrected chi connectivity index (χ3v) is 3.04. The normalized spacial score (nSPS) is 11.5. The van der Waals surface area contributed by atoms with Crippen molar-refractivity contribution >= 4 is 17.6 Å². The fraction of sp³-hybridized carbons (Fsp3) is 0.438. The van der Waals surface area contributed by atoms with Crippen LogP contribution in [0.15, 0.2) is 24.3 Å². The summed E-state index contributed by atoms with van der Waals surface area (Å²) in [5.74, 6) is -0.631. The smallest absolute Gasteiger partial charge is 0.242 e. The quantitative estimate of drug-likeness (QED) is 0.665. The highest BCUT2D eigenvalue weighted by atomic mass is 16.3. The number of carbonyl (C=O) groups excluding carboxylic acids is 3. The summed E-state index contributed by atoms with van der Waals surface area (Å²) in [5, 5.41) is 14.4. The predicted molar refractivity (Wildman–Crippen MR) is 82.3 cm³/mol. The molecule has 0 bridgehead atoms. The summed E-state index contributed by atoms with van der Waals surface area (Å²) >= 11 is 0. The van der Waals surface area contributed by atoms with E-state index in [4.69, 9.17) is 0 Å². The fourth-order valence-electron chi connectivity index (χ4n) is 1.94. The molecule has 0 aromatic heterocycles. The zero-order valence-corrected chi connectivity index (χ0v) is 12.9. The third kappa shape index (κ3) is 6.39. The zero-order chi connectivity index (χ0) is 16.5. The molecule has 6 heteroatoms. The van der Waals surface area contributed by atoms with E-state index in [2.05, 4.69) is 10.6 Å². The van der Waals surface area contributed by atoms with E-state index in [9.17, 15) is 19.5 Å². The summed E-state index contributed by atoms with van der Waals surface area (Å²) in [6, 6.07) is 5.67. The van der Waals surface area contributed by atoms with Gasteiger partial charge in [0.05, 0.1) is 13.0 Å². The maximum absolute atomic E-state index is 12.0. The minimum Gasteiger partial charge on any atom is -0.508 e. The Morgan fingerprint density at radius 2 is 1.82 bits per heavy atom. The van der Waals surface area contributed by atoms with Crippen molar-refractivity contribution in [2.45, 2.75) is 39.2 Å². The molecule has 0 radical (unpaired) electrons. The van der Waals surface area contributed by atoms with E-state index in [0.29, 0.717) is 6.42 Å². The predicted octanol–water partition coefficient (Wildman–Crippen LogP) is 0.925. The fourth-order valence-corrected chi connectivity index (χ4v) is 1.94. The molecule has 0 saturated carbocycles. The molecule has 0 fully saturated rings. The lowest BCUT2D eigenvalue weighted by molar-refractivity contribution is -0.129. The lowest BCUT2D eigenvalue weighted by Crippen LogP contribution is -2.48. The molecule has 1 rings (SSSR count). The average molecular weight is 306 g/mol. The minimum atomic E-state index is -0.644. The molecule has 0 heterocycles. The van der Waals surface area contributed by atoms with Crippen molar-refractivity contribution < 1.29 is 19.5 Å². The van der Waals surface area contributed by atoms with Gasteiger partial charge in [-0.25, -0.2) is 0 Å². The Kier molecular flexibility index (Phi) is 7.08.